The predicted molar refractivity (Wildman–Crippen MR) is 75.8 cm³/mol. The van der Waals surface area contributed by atoms with Crippen LogP contribution in [0, 0.1) is 5.41 Å². The van der Waals surface area contributed by atoms with Gasteiger partial charge in [0.15, 0.2) is 0 Å². The lowest BCUT2D eigenvalue weighted by Crippen LogP contribution is -2.64. The van der Waals surface area contributed by atoms with E-state index in [2.05, 4.69) is 37.8 Å². The van der Waals surface area contributed by atoms with E-state index in [1.807, 2.05) is 32.2 Å². The molecule has 0 saturated carbocycles. The summed E-state index contributed by atoms with van der Waals surface area (Å²) in [5.41, 5.74) is 0.380. The van der Waals surface area contributed by atoms with Crippen molar-refractivity contribution in [2.45, 2.75) is 39.3 Å². The number of esters is 1. The smallest absolute Gasteiger partial charge is 0.326 e. The number of hydrogen-bond donors (Lipinski definition) is 0. The Balaban J connectivity index is 2.40. The minimum Gasteiger partial charge on any atom is -0.462 e. The second kappa shape index (κ2) is 4.64. The summed E-state index contributed by atoms with van der Waals surface area (Å²) in [6.07, 6.45) is 0. The van der Waals surface area contributed by atoms with E-state index in [1.54, 1.807) is 0 Å². The summed E-state index contributed by atoms with van der Waals surface area (Å²) < 4.78 is 5.48. The average molecular weight is 261 g/mol. The summed E-state index contributed by atoms with van der Waals surface area (Å²) in [7, 11) is 2.02. The number of nitrogens with zero attached hydrogens (tertiary/aromatic N) is 1. The lowest BCUT2D eigenvalue weighted by molar-refractivity contribution is -0.183. The maximum Gasteiger partial charge on any atom is 0.326 e. The normalized spacial score (nSPS) is 29.1. The topological polar surface area (TPSA) is 29.5 Å². The molecule has 1 aromatic carbocycles. The van der Waals surface area contributed by atoms with Crippen LogP contribution in [-0.4, -0.2) is 30.1 Å². The quantitative estimate of drug-likeness (QED) is 0.728. The maximum absolute atomic E-state index is 12.3. The van der Waals surface area contributed by atoms with Gasteiger partial charge in [-0.05, 0) is 24.9 Å². The first-order chi connectivity index (χ1) is 8.78. The van der Waals surface area contributed by atoms with Crippen LogP contribution in [0.1, 0.15) is 39.3 Å². The Morgan fingerprint density at radius 1 is 1.26 bits per heavy atom. The Morgan fingerprint density at radius 2 is 1.84 bits per heavy atom. The van der Waals surface area contributed by atoms with Crippen molar-refractivity contribution >= 4 is 5.97 Å². The van der Waals surface area contributed by atoms with E-state index < -0.39 is 5.54 Å². The van der Waals surface area contributed by atoms with Crippen LogP contribution in [0.4, 0.5) is 0 Å². The van der Waals surface area contributed by atoms with Crippen molar-refractivity contribution in [3.05, 3.63) is 35.9 Å². The third-order valence-electron chi connectivity index (χ3n) is 4.59. The third kappa shape index (κ3) is 2.16. The van der Waals surface area contributed by atoms with Crippen molar-refractivity contribution in [3.8, 4) is 0 Å². The number of hydrogen-bond acceptors (Lipinski definition) is 3. The lowest BCUT2D eigenvalue weighted by atomic mass is 9.72. The molecule has 0 unspecified atom stereocenters. The molecule has 0 spiro atoms. The highest BCUT2D eigenvalue weighted by Gasteiger charge is 2.53. The van der Waals surface area contributed by atoms with E-state index in [4.69, 9.17) is 4.74 Å². The van der Waals surface area contributed by atoms with Gasteiger partial charge in [0.25, 0.3) is 0 Å². The summed E-state index contributed by atoms with van der Waals surface area (Å²) in [5, 5.41) is 0. The molecule has 1 saturated heterocycles. The van der Waals surface area contributed by atoms with Gasteiger partial charge in [-0.1, -0.05) is 51.1 Å². The minimum atomic E-state index is -0.619. The number of ether oxygens (including phenoxy) is 1. The number of benzene rings is 1. The van der Waals surface area contributed by atoms with E-state index in [1.165, 1.54) is 5.56 Å². The van der Waals surface area contributed by atoms with Crippen LogP contribution >= 0.6 is 0 Å². The Labute approximate surface area is 115 Å². The predicted octanol–water partition coefficient (Wildman–Crippen LogP) is 3.02. The molecule has 3 nitrogen and oxygen atoms in total. The number of rotatable bonds is 1. The standard InChI is InChI=1S/C16H23NO2/c1-15(2,3)16(4)14(18)19-11-13(17(16)5)12-9-7-6-8-10-12/h6-10,13H,11H2,1-5H3/t13-,16-/m0/s1. The SMILES string of the molecule is CN1[C@H](c2ccccc2)COC(=O)[C@@]1(C)C(C)(C)C. The first-order valence-electron chi connectivity index (χ1n) is 6.73. The molecule has 2 rings (SSSR count). The van der Waals surface area contributed by atoms with Gasteiger partial charge in [-0.3, -0.25) is 9.69 Å². The Hall–Kier alpha value is -1.35. The van der Waals surface area contributed by atoms with Crippen molar-refractivity contribution in [3.63, 3.8) is 0 Å². The molecule has 3 heteroatoms. The molecule has 0 bridgehead atoms. The van der Waals surface area contributed by atoms with Gasteiger partial charge in [-0.25, -0.2) is 0 Å². The highest BCUT2D eigenvalue weighted by Crippen LogP contribution is 2.43. The Bertz CT molecular complexity index is 463. The van der Waals surface area contributed by atoms with Crippen molar-refractivity contribution in [1.82, 2.24) is 4.90 Å². The summed E-state index contributed by atoms with van der Waals surface area (Å²) in [4.78, 5) is 14.4. The fraction of sp³-hybridized carbons (Fsp3) is 0.562. The fourth-order valence-corrected chi connectivity index (χ4v) is 2.69. The number of carbonyl (C=O) groups is 1. The molecule has 1 aromatic rings. The first kappa shape index (κ1) is 14.1. The molecular weight excluding hydrogens is 238 g/mol. The summed E-state index contributed by atoms with van der Waals surface area (Å²) in [6, 6.07) is 10.3. The largest absolute Gasteiger partial charge is 0.462 e. The zero-order chi connectivity index (χ0) is 14.3. The highest BCUT2D eigenvalue weighted by atomic mass is 16.5. The minimum absolute atomic E-state index is 0.114. The summed E-state index contributed by atoms with van der Waals surface area (Å²) >= 11 is 0. The van der Waals surface area contributed by atoms with Crippen molar-refractivity contribution < 1.29 is 9.53 Å². The van der Waals surface area contributed by atoms with Gasteiger partial charge in [-0.2, -0.15) is 0 Å². The molecule has 19 heavy (non-hydrogen) atoms. The molecule has 1 aliphatic heterocycles. The summed E-state index contributed by atoms with van der Waals surface area (Å²) in [6.45, 7) is 8.64. The van der Waals surface area contributed by atoms with Gasteiger partial charge in [0.05, 0.1) is 6.04 Å². The molecule has 1 fully saturated rings. The second-order valence-corrected chi connectivity index (χ2v) is 6.46. The van der Waals surface area contributed by atoms with Gasteiger partial charge in [0.1, 0.15) is 12.1 Å². The van der Waals surface area contributed by atoms with E-state index in [-0.39, 0.29) is 17.4 Å². The molecule has 0 aliphatic carbocycles. The zero-order valence-electron chi connectivity index (χ0n) is 12.4. The van der Waals surface area contributed by atoms with Gasteiger partial charge in [0, 0.05) is 0 Å². The van der Waals surface area contributed by atoms with Gasteiger partial charge in [0.2, 0.25) is 0 Å². The summed E-state index contributed by atoms with van der Waals surface area (Å²) in [5.74, 6) is -0.130. The maximum atomic E-state index is 12.3. The van der Waals surface area contributed by atoms with Crippen molar-refractivity contribution in [2.24, 2.45) is 5.41 Å². The lowest BCUT2D eigenvalue weighted by Gasteiger charge is -2.52. The second-order valence-electron chi connectivity index (χ2n) is 6.46. The van der Waals surface area contributed by atoms with E-state index in [0.717, 1.165) is 0 Å². The first-order valence-corrected chi connectivity index (χ1v) is 6.73. The molecule has 0 amide bonds. The molecule has 0 aromatic heterocycles. The van der Waals surface area contributed by atoms with Crippen LogP contribution in [0.25, 0.3) is 0 Å². The third-order valence-corrected chi connectivity index (χ3v) is 4.59. The van der Waals surface area contributed by atoms with Crippen LogP contribution in [0.5, 0.6) is 0 Å². The van der Waals surface area contributed by atoms with Gasteiger partial charge in [-0.15, -0.1) is 0 Å². The van der Waals surface area contributed by atoms with E-state index >= 15 is 0 Å². The van der Waals surface area contributed by atoms with Crippen molar-refractivity contribution in [1.29, 1.82) is 0 Å². The Morgan fingerprint density at radius 3 is 2.37 bits per heavy atom. The molecule has 0 N–H and O–H groups in total. The van der Waals surface area contributed by atoms with E-state index in [0.29, 0.717) is 6.61 Å². The Kier molecular flexibility index (Phi) is 3.43. The van der Waals surface area contributed by atoms with Crippen LogP contribution in [0.2, 0.25) is 0 Å². The molecular formula is C16H23NO2. The number of likely N-dealkylation sites (N-methyl/N-ethyl adjacent to an activating group) is 1. The van der Waals surface area contributed by atoms with Gasteiger partial charge < -0.3 is 4.74 Å². The highest BCUT2D eigenvalue weighted by molar-refractivity contribution is 5.82. The molecule has 1 aliphatic rings. The molecule has 104 valence electrons. The molecule has 0 radical (unpaired) electrons. The van der Waals surface area contributed by atoms with Crippen LogP contribution in [-0.2, 0) is 9.53 Å². The van der Waals surface area contributed by atoms with Crippen LogP contribution < -0.4 is 0 Å². The monoisotopic (exact) mass is 261 g/mol. The number of cyclic esters (lactones) is 1. The average Bonchev–Trinajstić information content (AvgIpc) is 2.36. The number of morpholine rings is 1. The van der Waals surface area contributed by atoms with Crippen molar-refractivity contribution in [2.75, 3.05) is 13.7 Å². The fourth-order valence-electron chi connectivity index (χ4n) is 2.69. The number of carbonyl (C=O) groups excluding carboxylic acids is 1. The molecule has 1 heterocycles. The van der Waals surface area contributed by atoms with Crippen LogP contribution in [0.15, 0.2) is 30.3 Å². The van der Waals surface area contributed by atoms with E-state index in [9.17, 15) is 4.79 Å². The molecule has 2 atom stereocenters. The zero-order valence-corrected chi connectivity index (χ0v) is 12.4. The van der Waals surface area contributed by atoms with Gasteiger partial charge >= 0.3 is 5.97 Å². The van der Waals surface area contributed by atoms with Crippen LogP contribution in [0.3, 0.4) is 0 Å².